The number of benzene rings is 2. The first-order chi connectivity index (χ1) is 11.4. The second kappa shape index (κ2) is 5.81. The third kappa shape index (κ3) is 2.52. The minimum absolute atomic E-state index is 0.0137. The molecule has 24 heavy (non-hydrogen) atoms. The Hall–Kier alpha value is -3.15. The Morgan fingerprint density at radius 2 is 1.75 bits per heavy atom. The zero-order chi connectivity index (χ0) is 17.4. The highest BCUT2D eigenvalue weighted by Gasteiger charge is 2.18. The van der Waals surface area contributed by atoms with Gasteiger partial charge in [-0.2, -0.15) is 0 Å². The van der Waals surface area contributed by atoms with Crippen LogP contribution < -0.4 is 5.43 Å². The van der Waals surface area contributed by atoms with Gasteiger partial charge in [0.25, 0.3) is 0 Å². The highest BCUT2D eigenvalue weighted by atomic mass is 16.3. The van der Waals surface area contributed by atoms with E-state index in [2.05, 4.69) is 0 Å². The Kier molecular flexibility index (Phi) is 3.81. The molecular weight excluding hydrogens is 312 g/mol. The molecule has 0 radical (unpaired) electrons. The minimum atomic E-state index is -0.492. The van der Waals surface area contributed by atoms with Gasteiger partial charge in [-0.05, 0) is 18.6 Å². The van der Waals surface area contributed by atoms with Gasteiger partial charge in [0.1, 0.15) is 39.7 Å². The standard InChI is InChI=1S/C18H16O6/c1-2-3-11-13(21)7-16-17(18(11)23)14(22)8-15(24-16)10-5-4-9(19)6-12(10)20/h4-8,19-21,23H,2-3H2,1H3. The first kappa shape index (κ1) is 15.7. The molecule has 1 aromatic heterocycles. The van der Waals surface area contributed by atoms with Crippen LogP contribution in [-0.4, -0.2) is 20.4 Å². The second-order valence-corrected chi connectivity index (χ2v) is 5.52. The van der Waals surface area contributed by atoms with E-state index in [0.717, 1.165) is 12.1 Å². The number of fused-ring (bicyclic) bond motifs is 1. The smallest absolute Gasteiger partial charge is 0.197 e. The summed E-state index contributed by atoms with van der Waals surface area (Å²) in [5.41, 5.74) is 0.0364. The molecule has 0 bridgehead atoms. The number of rotatable bonds is 3. The molecule has 0 aliphatic rings. The van der Waals surface area contributed by atoms with Gasteiger partial charge in [0.15, 0.2) is 5.43 Å². The molecule has 0 atom stereocenters. The van der Waals surface area contributed by atoms with Gasteiger partial charge < -0.3 is 24.8 Å². The van der Waals surface area contributed by atoms with Crippen molar-refractivity contribution in [3.05, 3.63) is 46.1 Å². The summed E-state index contributed by atoms with van der Waals surface area (Å²) in [7, 11) is 0. The van der Waals surface area contributed by atoms with Crippen LogP contribution in [0.1, 0.15) is 18.9 Å². The maximum Gasteiger partial charge on any atom is 0.197 e. The van der Waals surface area contributed by atoms with Gasteiger partial charge in [-0.1, -0.05) is 13.3 Å². The lowest BCUT2D eigenvalue weighted by Gasteiger charge is -2.10. The van der Waals surface area contributed by atoms with Crippen LogP contribution in [-0.2, 0) is 6.42 Å². The van der Waals surface area contributed by atoms with E-state index in [1.807, 2.05) is 6.92 Å². The second-order valence-electron chi connectivity index (χ2n) is 5.52. The fraction of sp³-hybridized carbons (Fsp3) is 0.167. The highest BCUT2D eigenvalue weighted by Crippen LogP contribution is 2.38. The first-order valence-electron chi connectivity index (χ1n) is 7.46. The summed E-state index contributed by atoms with van der Waals surface area (Å²) in [5, 5.41) is 39.6. The highest BCUT2D eigenvalue weighted by molar-refractivity contribution is 5.88. The average Bonchev–Trinajstić information content (AvgIpc) is 2.50. The van der Waals surface area contributed by atoms with Crippen molar-refractivity contribution in [1.29, 1.82) is 0 Å². The van der Waals surface area contributed by atoms with Crippen molar-refractivity contribution >= 4 is 11.0 Å². The molecule has 0 saturated carbocycles. The first-order valence-corrected chi connectivity index (χ1v) is 7.46. The van der Waals surface area contributed by atoms with Crippen LogP contribution in [0.25, 0.3) is 22.3 Å². The number of phenolic OH excluding ortho intramolecular Hbond substituents is 4. The molecule has 1 heterocycles. The maximum atomic E-state index is 12.4. The monoisotopic (exact) mass is 328 g/mol. The molecule has 3 rings (SSSR count). The minimum Gasteiger partial charge on any atom is -0.508 e. The molecule has 0 aliphatic heterocycles. The lowest BCUT2D eigenvalue weighted by atomic mass is 10.0. The lowest BCUT2D eigenvalue weighted by molar-refractivity contribution is 0.439. The fourth-order valence-electron chi connectivity index (χ4n) is 2.69. The summed E-state index contributed by atoms with van der Waals surface area (Å²) in [6.07, 6.45) is 1.12. The van der Waals surface area contributed by atoms with Crippen LogP contribution >= 0.6 is 0 Å². The van der Waals surface area contributed by atoms with Gasteiger partial charge in [-0.15, -0.1) is 0 Å². The van der Waals surface area contributed by atoms with E-state index >= 15 is 0 Å². The number of hydrogen-bond donors (Lipinski definition) is 4. The molecule has 4 N–H and O–H groups in total. The van der Waals surface area contributed by atoms with Gasteiger partial charge in [0.05, 0.1) is 5.56 Å². The van der Waals surface area contributed by atoms with E-state index in [0.29, 0.717) is 18.4 Å². The quantitative estimate of drug-likeness (QED) is 0.587. The molecule has 0 saturated heterocycles. The molecule has 6 heteroatoms. The van der Waals surface area contributed by atoms with Crippen molar-refractivity contribution in [1.82, 2.24) is 0 Å². The molecule has 2 aromatic carbocycles. The zero-order valence-electron chi connectivity index (χ0n) is 12.9. The predicted molar refractivity (Wildman–Crippen MR) is 88.6 cm³/mol. The Labute approximate surface area is 136 Å². The molecule has 0 fully saturated rings. The average molecular weight is 328 g/mol. The number of phenols is 4. The molecule has 0 spiro atoms. The Bertz CT molecular complexity index is 987. The molecule has 0 unspecified atom stereocenters. The summed E-state index contributed by atoms with van der Waals surface area (Å²) in [4.78, 5) is 12.4. The third-order valence-electron chi connectivity index (χ3n) is 3.82. The van der Waals surface area contributed by atoms with Crippen molar-refractivity contribution < 1.29 is 24.8 Å². The molecular formula is C18H16O6. The van der Waals surface area contributed by atoms with Crippen LogP contribution in [0.15, 0.2) is 39.5 Å². The topological polar surface area (TPSA) is 111 Å². The Balaban J connectivity index is 2.28. The van der Waals surface area contributed by atoms with Crippen LogP contribution in [0.4, 0.5) is 0 Å². The third-order valence-corrected chi connectivity index (χ3v) is 3.82. The van der Waals surface area contributed by atoms with Crippen molar-refractivity contribution in [3.8, 4) is 34.3 Å². The molecule has 3 aromatic rings. The van der Waals surface area contributed by atoms with Gasteiger partial charge in [-0.25, -0.2) is 0 Å². The fourth-order valence-corrected chi connectivity index (χ4v) is 2.69. The summed E-state index contributed by atoms with van der Waals surface area (Å²) < 4.78 is 5.58. The lowest BCUT2D eigenvalue weighted by Crippen LogP contribution is -2.02. The van der Waals surface area contributed by atoms with Crippen molar-refractivity contribution in [2.45, 2.75) is 19.8 Å². The molecule has 6 nitrogen and oxygen atoms in total. The van der Waals surface area contributed by atoms with Crippen molar-refractivity contribution in [3.63, 3.8) is 0 Å². The van der Waals surface area contributed by atoms with E-state index in [4.69, 9.17) is 4.42 Å². The van der Waals surface area contributed by atoms with Crippen molar-refractivity contribution in [2.24, 2.45) is 0 Å². The number of hydrogen-bond acceptors (Lipinski definition) is 6. The van der Waals surface area contributed by atoms with E-state index in [9.17, 15) is 25.2 Å². The van der Waals surface area contributed by atoms with Crippen LogP contribution in [0.3, 0.4) is 0 Å². The van der Waals surface area contributed by atoms with Gasteiger partial charge >= 0.3 is 0 Å². The summed E-state index contributed by atoms with van der Waals surface area (Å²) in [5.74, 6) is -0.765. The summed E-state index contributed by atoms with van der Waals surface area (Å²) in [6, 6.07) is 6.31. The number of aromatic hydroxyl groups is 4. The maximum absolute atomic E-state index is 12.4. The van der Waals surface area contributed by atoms with Gasteiger partial charge in [-0.3, -0.25) is 4.79 Å². The van der Waals surface area contributed by atoms with E-state index < -0.39 is 5.43 Å². The van der Waals surface area contributed by atoms with Crippen molar-refractivity contribution in [2.75, 3.05) is 0 Å². The molecule has 0 amide bonds. The van der Waals surface area contributed by atoms with Gasteiger partial charge in [0, 0.05) is 23.8 Å². The summed E-state index contributed by atoms with van der Waals surface area (Å²) in [6.45, 7) is 1.89. The SMILES string of the molecule is CCCc1c(O)cc2oc(-c3ccc(O)cc3O)cc(=O)c2c1O. The normalized spacial score (nSPS) is 11.0. The molecule has 0 aliphatic carbocycles. The van der Waals surface area contributed by atoms with Crippen LogP contribution in [0.5, 0.6) is 23.0 Å². The molecule has 124 valence electrons. The zero-order valence-corrected chi connectivity index (χ0v) is 12.9. The largest absolute Gasteiger partial charge is 0.508 e. The van der Waals surface area contributed by atoms with E-state index in [-0.39, 0.29) is 45.3 Å². The van der Waals surface area contributed by atoms with E-state index in [1.54, 1.807) is 0 Å². The van der Waals surface area contributed by atoms with Gasteiger partial charge in [0.2, 0.25) is 0 Å². The summed E-state index contributed by atoms with van der Waals surface area (Å²) >= 11 is 0. The predicted octanol–water partition coefficient (Wildman–Crippen LogP) is 3.23. The van der Waals surface area contributed by atoms with Crippen LogP contribution in [0.2, 0.25) is 0 Å². The van der Waals surface area contributed by atoms with Crippen LogP contribution in [0, 0.1) is 0 Å². The Morgan fingerprint density at radius 3 is 2.42 bits per heavy atom. The van der Waals surface area contributed by atoms with E-state index in [1.165, 1.54) is 18.2 Å². The Morgan fingerprint density at radius 1 is 1.00 bits per heavy atom.